The number of anilines is 1. The molecule has 0 amide bonds. The van der Waals surface area contributed by atoms with E-state index in [1.54, 1.807) is 30.6 Å². The Bertz CT molecular complexity index is 3270. The van der Waals surface area contributed by atoms with Crippen LogP contribution in [-0.2, 0) is 71.1 Å². The van der Waals surface area contributed by atoms with Crippen LogP contribution in [0.5, 0.6) is 23.0 Å². The van der Waals surface area contributed by atoms with Crippen LogP contribution < -0.4 is 23.6 Å². The summed E-state index contributed by atoms with van der Waals surface area (Å²) in [6, 6.07) is 19.7. The molecule has 0 saturated carbocycles. The third-order valence-corrected chi connectivity index (χ3v) is 13.1. The molecule has 0 atom stereocenters. The molecule has 598 valence electrons. The average molecular weight is 1540 g/mol. The highest BCUT2D eigenvalue weighted by atomic mass is 32.2. The Kier molecular flexibility index (Phi) is 64.6. The summed E-state index contributed by atoms with van der Waals surface area (Å²) in [6.07, 6.45) is 7.34. The summed E-state index contributed by atoms with van der Waals surface area (Å²) >= 11 is 0. The number of aromatic hydroxyl groups is 1. The molecule has 0 aliphatic rings. The SMILES string of the molecule is CCC.CN(C)c1ncccc1OCCOCCOCCOCCN=[N+]=[N-].Cc1ccc(S(=O)(=O)OCCOCCOCCOCCN=[N+]=[N-])cc1.Oc1cccnc1F.[CH2-][N+](C)(C)c1ncccc1OCCOCCOCCOCCN=[N+]=[N-].[N-]=[N+]=NCCOCCOCCOCCOc1cccnc1F. The molecule has 1 N–H and O–H groups in total. The number of nitrogens with zero attached hydrogens (tertiary/aromatic N) is 18. The molecule has 5 aromatic rings. The molecule has 0 spiro atoms. The van der Waals surface area contributed by atoms with Crippen molar-refractivity contribution in [2.24, 2.45) is 20.5 Å². The zero-order valence-corrected chi connectivity index (χ0v) is 63.1. The second-order valence-electron chi connectivity index (χ2n) is 21.3. The van der Waals surface area contributed by atoms with Gasteiger partial charge in [-0.05, 0) is 89.7 Å². The maximum absolute atomic E-state index is 13.1. The lowest BCUT2D eigenvalue weighted by Crippen LogP contribution is -2.33. The summed E-state index contributed by atoms with van der Waals surface area (Å²) in [4.78, 5) is 27.7. The molecule has 1 aromatic carbocycles. The van der Waals surface area contributed by atoms with Crippen LogP contribution in [0.15, 0.2) is 123 Å². The summed E-state index contributed by atoms with van der Waals surface area (Å²) in [5.74, 6) is 1.25. The molecule has 0 saturated heterocycles. The number of hydrogen-bond donors (Lipinski definition) is 1. The number of aromatic nitrogens is 4. The maximum Gasteiger partial charge on any atom is 0.297 e. The van der Waals surface area contributed by atoms with Crippen molar-refractivity contribution in [1.29, 1.82) is 0 Å². The van der Waals surface area contributed by atoms with Crippen LogP contribution >= 0.6 is 0 Å². The van der Waals surface area contributed by atoms with Crippen molar-refractivity contribution >= 4 is 21.8 Å². The predicted octanol–water partition coefficient (Wildman–Crippen LogP) is 10.4. The van der Waals surface area contributed by atoms with E-state index in [2.05, 4.69) is 80.9 Å². The van der Waals surface area contributed by atoms with E-state index in [1.165, 1.54) is 49.1 Å². The van der Waals surface area contributed by atoms with Crippen LogP contribution in [0.3, 0.4) is 0 Å². The fourth-order valence-electron chi connectivity index (χ4n) is 7.01. The molecule has 107 heavy (non-hydrogen) atoms. The fourth-order valence-corrected chi connectivity index (χ4v) is 7.90. The zero-order valence-electron chi connectivity index (χ0n) is 62.3. The van der Waals surface area contributed by atoms with Gasteiger partial charge < -0.3 is 85.5 Å². The predicted molar refractivity (Wildman–Crippen MR) is 395 cm³/mol. The number of quaternary nitrogens is 1. The van der Waals surface area contributed by atoms with E-state index < -0.39 is 27.8 Å². The minimum Gasteiger partial charge on any atom is -0.504 e. The van der Waals surface area contributed by atoms with Crippen molar-refractivity contribution in [2.75, 3.05) is 244 Å². The highest BCUT2D eigenvalue weighted by Crippen LogP contribution is 2.27. The van der Waals surface area contributed by atoms with E-state index in [1.807, 2.05) is 64.3 Å². The van der Waals surface area contributed by atoms with E-state index >= 15 is 0 Å². The summed E-state index contributed by atoms with van der Waals surface area (Å²) < 4.78 is 134. The Morgan fingerprint density at radius 2 is 0.738 bits per heavy atom. The second-order valence-corrected chi connectivity index (χ2v) is 23.0. The Labute approximate surface area is 625 Å². The van der Waals surface area contributed by atoms with Gasteiger partial charge in [-0.25, -0.2) is 19.9 Å². The average Bonchev–Trinajstić information content (AvgIpc) is 0.866. The standard InChI is InChI=1S/C16H27N5O4.C15H25N5O4.C15H23N3O6S.C13H19FN4O4.C5H4FNO.C3H8/c1-21(2,3)16-15(5-4-6-18-16)25-14-13-24-12-11-23-10-9-22-8-7-19-20-17;1-20(2)15-14(4-3-5-17-15)24-13-12-23-11-10-22-9-8-21-7-6-18-19-16;1-14-2-4-15(5-3-14)25(19,20)24-13-12-23-11-10-22-9-8-21-7-6-17-18-16;14-13-12(2-1-3-16-13)22-11-10-21-9-8-20-7-6-19-5-4-17-18-15;6-5-4(8)2-1-3-7-5;1-3-2/h4-6H,1,7-14H2,2-3H3;3-5H,6-13H2,1-2H3;2-5H,6-13H2,1H3;1-3H,4-11H2;1-3,8H;3H2,1-2H3. The van der Waals surface area contributed by atoms with Gasteiger partial charge in [-0.3, -0.25) is 4.18 Å². The lowest BCUT2D eigenvalue weighted by Gasteiger charge is -2.31. The van der Waals surface area contributed by atoms with Gasteiger partial charge in [-0.15, -0.1) is 7.05 Å². The lowest BCUT2D eigenvalue weighted by molar-refractivity contribution is 0.0103. The number of rotatable bonds is 55. The molecule has 0 unspecified atom stereocenters. The summed E-state index contributed by atoms with van der Waals surface area (Å²) in [5, 5.41) is 21.9. The minimum absolute atomic E-state index is 0.0568. The van der Waals surface area contributed by atoms with E-state index in [0.717, 1.165) is 22.9 Å². The van der Waals surface area contributed by atoms with Crippen LogP contribution in [0.25, 0.3) is 41.8 Å². The largest absolute Gasteiger partial charge is 0.504 e. The number of benzene rings is 1. The topological polar surface area (TPSA) is 452 Å². The maximum atomic E-state index is 13.1. The van der Waals surface area contributed by atoms with Crippen LogP contribution in [0.4, 0.5) is 20.4 Å². The van der Waals surface area contributed by atoms with Crippen LogP contribution in [0.2, 0.25) is 0 Å². The Hall–Kier alpha value is -8.69. The molecular weight excluding hydrogens is 1430 g/mol. The molecule has 0 fully saturated rings. The summed E-state index contributed by atoms with van der Waals surface area (Å²) in [5.41, 5.74) is 33.2. The quantitative estimate of drug-likeness (QED) is 0.00552. The van der Waals surface area contributed by atoms with Crippen LogP contribution in [0, 0.1) is 25.9 Å². The molecular formula is C67H106F2N18O19S. The first-order valence-corrected chi connectivity index (χ1v) is 35.3. The molecule has 5 rings (SSSR count). The van der Waals surface area contributed by atoms with E-state index in [0.29, 0.717) is 202 Å². The van der Waals surface area contributed by atoms with E-state index in [4.69, 9.17) is 102 Å². The summed E-state index contributed by atoms with van der Waals surface area (Å²) in [6.45, 7) is 18.5. The molecule has 40 heteroatoms. The number of hydrogen-bond acceptors (Lipinski definition) is 28. The monoisotopic (exact) mass is 1540 g/mol. The van der Waals surface area contributed by atoms with Crippen molar-refractivity contribution in [3.63, 3.8) is 0 Å². The number of ether oxygens (including phenoxy) is 15. The lowest BCUT2D eigenvalue weighted by atomic mass is 10.2. The first-order chi connectivity index (χ1) is 51.9. The normalized spacial score (nSPS) is 10.5. The van der Waals surface area contributed by atoms with E-state index in [-0.39, 0.29) is 30.5 Å². The zero-order chi connectivity index (χ0) is 78.8. The van der Waals surface area contributed by atoms with Crippen molar-refractivity contribution in [2.45, 2.75) is 32.1 Å². The molecule has 0 radical (unpaired) electrons. The Balaban J connectivity index is 0.00000133. The second kappa shape index (κ2) is 70.3. The van der Waals surface area contributed by atoms with E-state index in [9.17, 15) is 17.2 Å². The highest BCUT2D eigenvalue weighted by molar-refractivity contribution is 7.86. The summed E-state index contributed by atoms with van der Waals surface area (Å²) in [7, 11) is 7.99. The van der Waals surface area contributed by atoms with Crippen molar-refractivity contribution in [1.82, 2.24) is 24.4 Å². The first kappa shape index (κ1) is 98.3. The van der Waals surface area contributed by atoms with Crippen LogP contribution in [-0.4, -0.2) is 273 Å². The van der Waals surface area contributed by atoms with Gasteiger partial charge in [-0.2, -0.15) is 17.2 Å². The van der Waals surface area contributed by atoms with Crippen molar-refractivity contribution in [3.05, 3.63) is 164 Å². The fraction of sp³-hybridized carbons (Fsp3) is 0.597. The highest BCUT2D eigenvalue weighted by Gasteiger charge is 2.16. The Morgan fingerprint density at radius 1 is 0.439 bits per heavy atom. The molecule has 0 aliphatic carbocycles. The molecule has 0 bridgehead atoms. The molecule has 0 aliphatic heterocycles. The molecule has 4 heterocycles. The van der Waals surface area contributed by atoms with Gasteiger partial charge in [0, 0.05) is 98.8 Å². The first-order valence-electron chi connectivity index (χ1n) is 33.9. The third kappa shape index (κ3) is 59.1. The van der Waals surface area contributed by atoms with Gasteiger partial charge in [0.05, 0.1) is 170 Å². The van der Waals surface area contributed by atoms with Crippen LogP contribution in [0.1, 0.15) is 25.8 Å². The van der Waals surface area contributed by atoms with Crippen molar-refractivity contribution < 1.29 is 97.5 Å². The number of halogens is 2. The number of aryl methyl sites for hydroxylation is 1. The Morgan fingerprint density at radius 3 is 1.07 bits per heavy atom. The molecule has 4 aromatic heterocycles. The van der Waals surface area contributed by atoms with Gasteiger partial charge in [0.1, 0.15) is 19.8 Å². The molecule has 37 nitrogen and oxygen atoms in total. The third-order valence-electron chi connectivity index (χ3n) is 11.8. The number of azide groups is 4. The van der Waals surface area contributed by atoms with Gasteiger partial charge in [-0.1, -0.05) is 58.4 Å². The van der Waals surface area contributed by atoms with Gasteiger partial charge in [0.25, 0.3) is 22.0 Å². The van der Waals surface area contributed by atoms with Gasteiger partial charge >= 0.3 is 0 Å². The van der Waals surface area contributed by atoms with Crippen molar-refractivity contribution in [3.8, 4) is 23.0 Å². The minimum atomic E-state index is -3.75. The smallest absolute Gasteiger partial charge is 0.297 e. The van der Waals surface area contributed by atoms with Gasteiger partial charge in [0.15, 0.2) is 28.8 Å². The van der Waals surface area contributed by atoms with Gasteiger partial charge in [0.2, 0.25) is 5.82 Å². The number of pyridine rings is 4.